The van der Waals surface area contributed by atoms with Gasteiger partial charge < -0.3 is 20.3 Å². The zero-order chi connectivity index (χ0) is 16.8. The van der Waals surface area contributed by atoms with Gasteiger partial charge in [0.1, 0.15) is 6.23 Å². The van der Waals surface area contributed by atoms with E-state index in [4.69, 9.17) is 15.2 Å². The number of ether oxygens (including phenoxy) is 2. The molecule has 2 heterocycles. The van der Waals surface area contributed by atoms with Gasteiger partial charge in [-0.3, -0.25) is 4.57 Å². The number of hydrogen-bond acceptors (Lipinski definition) is 7. The predicted molar refractivity (Wildman–Crippen MR) is 87.0 cm³/mol. The van der Waals surface area contributed by atoms with Crippen LogP contribution in [-0.4, -0.2) is 43.9 Å². The molecule has 3 N–H and O–H groups in total. The number of aliphatic hydroxyl groups is 1. The summed E-state index contributed by atoms with van der Waals surface area (Å²) in [4.78, 5) is 12.6. The Morgan fingerprint density at radius 1 is 1.48 bits per heavy atom. The van der Waals surface area contributed by atoms with Gasteiger partial charge in [0.05, 0.1) is 25.6 Å². The summed E-state index contributed by atoms with van der Waals surface area (Å²) in [6.07, 6.45) is 4.17. The molecule has 0 bridgehead atoms. The molecule has 8 nitrogen and oxygen atoms in total. The van der Waals surface area contributed by atoms with Crippen LogP contribution >= 0.6 is 0 Å². The third-order valence-corrected chi connectivity index (χ3v) is 3.41. The van der Waals surface area contributed by atoms with Gasteiger partial charge in [-0.25, -0.2) is 4.98 Å². The molecule has 2 rings (SSSR count). The number of fused-ring (bicyclic) bond motifs is 1. The molecular formula is C15H23N5O3. The van der Waals surface area contributed by atoms with Crippen molar-refractivity contribution >= 4 is 17.1 Å². The topological polar surface area (TPSA) is 108 Å². The summed E-state index contributed by atoms with van der Waals surface area (Å²) < 4.78 is 13.1. The molecule has 2 aromatic rings. The average molecular weight is 321 g/mol. The van der Waals surface area contributed by atoms with E-state index in [-0.39, 0.29) is 24.9 Å². The van der Waals surface area contributed by atoms with Crippen LogP contribution in [0.1, 0.15) is 32.9 Å². The molecule has 0 aliphatic heterocycles. The second kappa shape index (κ2) is 7.89. The smallest absolute Gasteiger partial charge is 0.247 e. The van der Waals surface area contributed by atoms with Crippen molar-refractivity contribution in [1.29, 1.82) is 0 Å². The normalized spacial score (nSPS) is 13.9. The predicted octanol–water partition coefficient (Wildman–Crippen LogP) is 1.67. The van der Waals surface area contributed by atoms with Crippen LogP contribution in [0.25, 0.3) is 11.2 Å². The molecule has 0 saturated carbocycles. The van der Waals surface area contributed by atoms with Crippen molar-refractivity contribution in [3.8, 4) is 5.88 Å². The van der Waals surface area contributed by atoms with Gasteiger partial charge in [0.2, 0.25) is 11.8 Å². The van der Waals surface area contributed by atoms with E-state index in [1.54, 1.807) is 17.0 Å². The monoisotopic (exact) mass is 321 g/mol. The van der Waals surface area contributed by atoms with Gasteiger partial charge in [-0.15, -0.1) is 6.58 Å². The number of aromatic nitrogens is 4. The van der Waals surface area contributed by atoms with Gasteiger partial charge in [-0.1, -0.05) is 13.0 Å². The molecule has 2 aromatic heterocycles. The zero-order valence-corrected chi connectivity index (χ0v) is 13.5. The van der Waals surface area contributed by atoms with Crippen molar-refractivity contribution in [1.82, 2.24) is 19.5 Å². The number of nitrogen functional groups attached to an aromatic ring is 1. The largest absolute Gasteiger partial charge is 0.476 e. The highest BCUT2D eigenvalue weighted by molar-refractivity contribution is 5.77. The number of anilines is 1. The summed E-state index contributed by atoms with van der Waals surface area (Å²) >= 11 is 0. The van der Waals surface area contributed by atoms with Crippen molar-refractivity contribution in [3.05, 3.63) is 19.0 Å². The molecule has 0 saturated heterocycles. The first-order valence-corrected chi connectivity index (χ1v) is 7.60. The standard InChI is InChI=1S/C15H23N5O3/c1-4-6-7-22-14-12-13(18-15(16)19-14)20(9-17-12)10(3)23-11(5-2)8-21/h4,9-11,21H,1,5-8H2,2-3H3,(H2,16,18,19). The Kier molecular flexibility index (Phi) is 5.89. The van der Waals surface area contributed by atoms with Crippen LogP contribution in [0, 0.1) is 0 Å². The molecular weight excluding hydrogens is 298 g/mol. The number of hydrogen-bond donors (Lipinski definition) is 2. The van der Waals surface area contributed by atoms with Gasteiger partial charge in [0.25, 0.3) is 0 Å². The lowest BCUT2D eigenvalue weighted by molar-refractivity contribution is -0.0647. The highest BCUT2D eigenvalue weighted by Gasteiger charge is 2.19. The number of imidazole rings is 1. The maximum absolute atomic E-state index is 9.27. The summed E-state index contributed by atoms with van der Waals surface area (Å²) in [6, 6.07) is 0. The Balaban J connectivity index is 2.30. The van der Waals surface area contributed by atoms with E-state index < -0.39 is 0 Å². The number of nitrogens with two attached hydrogens (primary N) is 1. The lowest BCUT2D eigenvalue weighted by Gasteiger charge is -2.20. The van der Waals surface area contributed by atoms with Crippen molar-refractivity contribution < 1.29 is 14.6 Å². The number of rotatable bonds is 9. The van der Waals surface area contributed by atoms with E-state index in [1.807, 2.05) is 13.8 Å². The summed E-state index contributed by atoms with van der Waals surface area (Å²) in [7, 11) is 0. The van der Waals surface area contributed by atoms with Crippen LogP contribution in [0.3, 0.4) is 0 Å². The van der Waals surface area contributed by atoms with Crippen molar-refractivity contribution in [3.63, 3.8) is 0 Å². The molecule has 0 fully saturated rings. The first-order chi connectivity index (χ1) is 11.1. The fraction of sp³-hybridized carbons (Fsp3) is 0.533. The van der Waals surface area contributed by atoms with Crippen LogP contribution < -0.4 is 10.5 Å². The highest BCUT2D eigenvalue weighted by Crippen LogP contribution is 2.25. The Labute approximate surface area is 135 Å². The molecule has 0 spiro atoms. The molecule has 0 radical (unpaired) electrons. The summed E-state index contributed by atoms with van der Waals surface area (Å²) in [6.45, 7) is 7.86. The quantitative estimate of drug-likeness (QED) is 0.534. The minimum atomic E-state index is -0.354. The lowest BCUT2D eigenvalue weighted by atomic mass is 10.3. The SMILES string of the molecule is C=CCCOc1nc(N)nc2c1ncn2C(C)OC(CC)CO. The zero-order valence-electron chi connectivity index (χ0n) is 13.5. The molecule has 2 atom stereocenters. The second-order valence-corrected chi connectivity index (χ2v) is 5.09. The molecule has 23 heavy (non-hydrogen) atoms. The van der Waals surface area contributed by atoms with Gasteiger partial charge in [0.15, 0.2) is 11.2 Å². The molecule has 0 amide bonds. The van der Waals surface area contributed by atoms with E-state index in [9.17, 15) is 5.11 Å². The van der Waals surface area contributed by atoms with E-state index in [0.29, 0.717) is 36.5 Å². The first kappa shape index (κ1) is 17.2. The fourth-order valence-corrected chi connectivity index (χ4v) is 2.12. The van der Waals surface area contributed by atoms with E-state index in [2.05, 4.69) is 21.5 Å². The van der Waals surface area contributed by atoms with Crippen LogP contribution in [0.4, 0.5) is 5.95 Å². The Bertz CT molecular complexity index is 654. The molecule has 126 valence electrons. The Hall–Kier alpha value is -2.19. The fourth-order valence-electron chi connectivity index (χ4n) is 2.12. The molecule has 0 aliphatic rings. The van der Waals surface area contributed by atoms with Crippen LogP contribution in [0.2, 0.25) is 0 Å². The maximum atomic E-state index is 9.27. The Morgan fingerprint density at radius 3 is 2.91 bits per heavy atom. The summed E-state index contributed by atoms with van der Waals surface area (Å²) in [5.74, 6) is 0.448. The second-order valence-electron chi connectivity index (χ2n) is 5.09. The van der Waals surface area contributed by atoms with Crippen LogP contribution in [-0.2, 0) is 4.74 Å². The lowest BCUT2D eigenvalue weighted by Crippen LogP contribution is -2.21. The molecule has 0 aromatic carbocycles. The molecule has 2 unspecified atom stereocenters. The minimum absolute atomic E-state index is 0.0412. The third kappa shape index (κ3) is 3.96. The Morgan fingerprint density at radius 2 is 2.26 bits per heavy atom. The van der Waals surface area contributed by atoms with Crippen molar-refractivity contribution in [2.24, 2.45) is 0 Å². The van der Waals surface area contributed by atoms with E-state index >= 15 is 0 Å². The first-order valence-electron chi connectivity index (χ1n) is 7.60. The van der Waals surface area contributed by atoms with Gasteiger partial charge in [0, 0.05) is 0 Å². The van der Waals surface area contributed by atoms with E-state index in [0.717, 1.165) is 0 Å². The van der Waals surface area contributed by atoms with Gasteiger partial charge in [-0.05, 0) is 19.8 Å². The van der Waals surface area contributed by atoms with E-state index in [1.165, 1.54) is 0 Å². The molecule has 8 heteroatoms. The minimum Gasteiger partial charge on any atom is -0.476 e. The number of aliphatic hydroxyl groups excluding tert-OH is 1. The summed E-state index contributed by atoms with van der Waals surface area (Å²) in [5, 5.41) is 9.27. The van der Waals surface area contributed by atoms with Gasteiger partial charge >= 0.3 is 0 Å². The molecule has 0 aliphatic carbocycles. The van der Waals surface area contributed by atoms with Crippen LogP contribution in [0.15, 0.2) is 19.0 Å². The van der Waals surface area contributed by atoms with Crippen LogP contribution in [0.5, 0.6) is 5.88 Å². The van der Waals surface area contributed by atoms with Gasteiger partial charge in [-0.2, -0.15) is 9.97 Å². The maximum Gasteiger partial charge on any atom is 0.247 e. The van der Waals surface area contributed by atoms with Crippen molar-refractivity contribution in [2.45, 2.75) is 39.0 Å². The highest BCUT2D eigenvalue weighted by atomic mass is 16.5. The number of nitrogens with zero attached hydrogens (tertiary/aromatic N) is 4. The van der Waals surface area contributed by atoms with Crippen molar-refractivity contribution in [2.75, 3.05) is 18.9 Å². The average Bonchev–Trinajstić information content (AvgIpc) is 2.96. The summed E-state index contributed by atoms with van der Waals surface area (Å²) in [5.41, 5.74) is 6.82. The third-order valence-electron chi connectivity index (χ3n) is 3.41.